The zero-order valence-electron chi connectivity index (χ0n) is 21.4. The van der Waals surface area contributed by atoms with E-state index in [0.717, 1.165) is 13.0 Å². The number of carbonyl (C=O) groups is 2. The second-order valence-electron chi connectivity index (χ2n) is 5.80. The van der Waals surface area contributed by atoms with Gasteiger partial charge in [-0.15, -0.1) is 0 Å². The summed E-state index contributed by atoms with van der Waals surface area (Å²) < 4.78 is 31.6. The fourth-order valence-corrected chi connectivity index (χ4v) is 1.79. The van der Waals surface area contributed by atoms with Crippen molar-refractivity contribution < 1.29 is 38.0 Å². The molecule has 0 aromatic rings. The van der Waals surface area contributed by atoms with Crippen LogP contribution in [-0.4, -0.2) is 97.5 Å². The Morgan fingerprint density at radius 3 is 1.44 bits per heavy atom. The van der Waals surface area contributed by atoms with Crippen molar-refractivity contribution in [3.05, 3.63) is 0 Å². The van der Waals surface area contributed by atoms with Crippen LogP contribution in [0.3, 0.4) is 0 Å². The molecule has 0 aliphatic heterocycles. The highest BCUT2D eigenvalue weighted by Crippen LogP contribution is 1.85. The Hall–Kier alpha value is -1.10. The molecule has 0 saturated heterocycles. The number of ether oxygens (including phenoxy) is 6. The summed E-state index contributed by atoms with van der Waals surface area (Å²) in [7, 11) is 0. The van der Waals surface area contributed by atoms with Gasteiger partial charge in [-0.1, -0.05) is 41.5 Å². The van der Waals surface area contributed by atoms with Crippen LogP contribution in [-0.2, 0) is 38.0 Å². The summed E-state index contributed by atoms with van der Waals surface area (Å²) >= 11 is 0. The highest BCUT2D eigenvalue weighted by molar-refractivity contribution is 5.79. The lowest BCUT2D eigenvalue weighted by atomic mass is 10.3. The summed E-state index contributed by atoms with van der Waals surface area (Å²) in [6.07, 6.45) is 1.48. The Balaban J connectivity index is -0.00000198. The summed E-state index contributed by atoms with van der Waals surface area (Å²) in [5.41, 5.74) is 0. The highest BCUT2D eigenvalue weighted by atomic mass is 16.6. The van der Waals surface area contributed by atoms with E-state index < -0.39 is 0 Å². The molecule has 0 heterocycles. The van der Waals surface area contributed by atoms with Gasteiger partial charge in [-0.25, -0.2) is 0 Å². The molecule has 0 atom stereocenters. The number of ketones is 1. The minimum atomic E-state index is -0.205. The summed E-state index contributed by atoms with van der Waals surface area (Å²) in [4.78, 5) is 22.5. The maximum atomic E-state index is 11.5. The molecular weight excluding hydrogens is 418 g/mol. The summed E-state index contributed by atoms with van der Waals surface area (Å²) in [5, 5.41) is 2.68. The van der Waals surface area contributed by atoms with E-state index in [4.69, 9.17) is 28.4 Å². The molecule has 1 N–H and O–H groups in total. The number of carbonyl (C=O) groups excluding carboxylic acids is 2. The van der Waals surface area contributed by atoms with Gasteiger partial charge in [-0.2, -0.15) is 0 Å². The van der Waals surface area contributed by atoms with E-state index in [1.165, 1.54) is 0 Å². The van der Waals surface area contributed by atoms with Crippen molar-refractivity contribution in [2.75, 3.05) is 85.8 Å². The molecule has 0 radical (unpaired) electrons. The van der Waals surface area contributed by atoms with Crippen molar-refractivity contribution in [2.24, 2.45) is 0 Å². The van der Waals surface area contributed by atoms with Gasteiger partial charge in [0.25, 0.3) is 0 Å². The molecule has 0 spiro atoms. The molecule has 0 saturated carbocycles. The molecule has 0 rings (SSSR count). The summed E-state index contributed by atoms with van der Waals surface area (Å²) in [6.45, 7) is 17.2. The van der Waals surface area contributed by atoms with Gasteiger partial charge in [0.05, 0.1) is 59.5 Å². The van der Waals surface area contributed by atoms with E-state index in [9.17, 15) is 9.59 Å². The number of rotatable bonds is 22. The van der Waals surface area contributed by atoms with E-state index in [-0.39, 0.29) is 24.9 Å². The molecule has 0 aliphatic carbocycles. The van der Waals surface area contributed by atoms with Crippen LogP contribution in [0.5, 0.6) is 0 Å². The third kappa shape index (κ3) is 33.5. The molecule has 0 bridgehead atoms. The maximum absolute atomic E-state index is 11.5. The topological polar surface area (TPSA) is 102 Å². The fraction of sp³-hybridized carbons (Fsp3) is 0.913. The third-order valence-electron chi connectivity index (χ3n) is 3.30. The van der Waals surface area contributed by atoms with E-state index in [1.54, 1.807) is 6.92 Å². The number of amides is 1. The second-order valence-corrected chi connectivity index (χ2v) is 5.80. The third-order valence-corrected chi connectivity index (χ3v) is 3.30. The number of Topliss-reactive ketones (excluding diaryl/α,β-unsaturated/α-hetero) is 1. The van der Waals surface area contributed by atoms with Crippen molar-refractivity contribution in [2.45, 2.75) is 54.4 Å². The van der Waals surface area contributed by atoms with Crippen molar-refractivity contribution >= 4 is 11.7 Å². The zero-order chi connectivity index (χ0) is 24.7. The largest absolute Gasteiger partial charge is 0.379 e. The first-order valence-electron chi connectivity index (χ1n) is 12.0. The van der Waals surface area contributed by atoms with Crippen LogP contribution < -0.4 is 5.32 Å². The highest BCUT2D eigenvalue weighted by Gasteiger charge is 2.01. The summed E-state index contributed by atoms with van der Waals surface area (Å²) in [5.74, 6) is -0.136. The average Bonchev–Trinajstić information content (AvgIpc) is 2.83. The molecule has 9 nitrogen and oxygen atoms in total. The molecule has 0 aromatic heterocycles. The van der Waals surface area contributed by atoms with Gasteiger partial charge < -0.3 is 33.7 Å². The quantitative estimate of drug-likeness (QED) is 0.243. The molecule has 9 heteroatoms. The first-order valence-corrected chi connectivity index (χ1v) is 12.0. The Morgan fingerprint density at radius 1 is 0.562 bits per heavy atom. The first-order chi connectivity index (χ1) is 15.7. The van der Waals surface area contributed by atoms with Crippen molar-refractivity contribution in [1.29, 1.82) is 0 Å². The van der Waals surface area contributed by atoms with E-state index in [1.807, 2.05) is 27.7 Å². The lowest BCUT2D eigenvalue weighted by molar-refractivity contribution is -0.127. The number of hydrogen-bond acceptors (Lipinski definition) is 8. The number of hydrogen-bond donors (Lipinski definition) is 1. The second kappa shape index (κ2) is 34.5. The SMILES string of the molecule is CC.CC.CCCOCCOCCOCCOCC(=O)NCCOCCOCC(=O)CC. The van der Waals surface area contributed by atoms with Gasteiger partial charge in [-0.3, -0.25) is 9.59 Å². The Kier molecular flexibility index (Phi) is 38.3. The van der Waals surface area contributed by atoms with E-state index in [2.05, 4.69) is 12.2 Å². The van der Waals surface area contributed by atoms with E-state index >= 15 is 0 Å². The molecule has 0 aliphatic rings. The molecule has 0 unspecified atom stereocenters. The van der Waals surface area contributed by atoms with Gasteiger partial charge in [0.1, 0.15) is 13.2 Å². The molecule has 32 heavy (non-hydrogen) atoms. The summed E-state index contributed by atoms with van der Waals surface area (Å²) in [6, 6.07) is 0. The van der Waals surface area contributed by atoms with Gasteiger partial charge in [0.15, 0.2) is 5.78 Å². The molecule has 1 amide bonds. The van der Waals surface area contributed by atoms with Crippen LogP contribution in [0.2, 0.25) is 0 Å². The minimum absolute atomic E-state index is 0.0170. The van der Waals surface area contributed by atoms with Crippen LogP contribution in [0.4, 0.5) is 0 Å². The standard InChI is InChI=1S/C19H37NO8.2C2H6/c1-3-6-23-8-9-25-10-11-26-13-15-28-17-19(22)20-5-7-24-12-14-27-16-18(21)4-2;2*1-2/h3-17H2,1-2H3,(H,20,22);2*1-2H3. The van der Waals surface area contributed by atoms with Gasteiger partial charge >= 0.3 is 0 Å². The van der Waals surface area contributed by atoms with Gasteiger partial charge in [0, 0.05) is 19.6 Å². The van der Waals surface area contributed by atoms with Crippen LogP contribution >= 0.6 is 0 Å². The fourth-order valence-electron chi connectivity index (χ4n) is 1.79. The molecule has 194 valence electrons. The van der Waals surface area contributed by atoms with Crippen molar-refractivity contribution in [1.82, 2.24) is 5.32 Å². The molecule has 0 aromatic carbocycles. The van der Waals surface area contributed by atoms with Crippen molar-refractivity contribution in [3.8, 4) is 0 Å². The van der Waals surface area contributed by atoms with Gasteiger partial charge in [0.2, 0.25) is 5.91 Å². The zero-order valence-corrected chi connectivity index (χ0v) is 21.4. The first kappa shape index (κ1) is 35.5. The number of nitrogens with one attached hydrogen (secondary N) is 1. The minimum Gasteiger partial charge on any atom is -0.379 e. The Morgan fingerprint density at radius 2 is 0.969 bits per heavy atom. The predicted molar refractivity (Wildman–Crippen MR) is 126 cm³/mol. The Labute approximate surface area is 195 Å². The van der Waals surface area contributed by atoms with Crippen LogP contribution in [0.25, 0.3) is 0 Å². The van der Waals surface area contributed by atoms with Crippen LogP contribution in [0.15, 0.2) is 0 Å². The van der Waals surface area contributed by atoms with Crippen LogP contribution in [0.1, 0.15) is 54.4 Å². The lowest BCUT2D eigenvalue weighted by Crippen LogP contribution is -2.31. The molecule has 0 fully saturated rings. The van der Waals surface area contributed by atoms with Gasteiger partial charge in [-0.05, 0) is 6.42 Å². The van der Waals surface area contributed by atoms with Crippen LogP contribution in [0, 0.1) is 0 Å². The maximum Gasteiger partial charge on any atom is 0.246 e. The monoisotopic (exact) mass is 467 g/mol. The Bertz CT molecular complexity index is 370. The van der Waals surface area contributed by atoms with Crippen molar-refractivity contribution in [3.63, 3.8) is 0 Å². The lowest BCUT2D eigenvalue weighted by Gasteiger charge is -2.08. The predicted octanol–water partition coefficient (Wildman–Crippen LogP) is 2.64. The normalized spacial score (nSPS) is 9.94. The smallest absolute Gasteiger partial charge is 0.246 e. The average molecular weight is 468 g/mol. The van der Waals surface area contributed by atoms with E-state index in [0.29, 0.717) is 72.4 Å². The molecular formula is C23H49NO8.